The summed E-state index contributed by atoms with van der Waals surface area (Å²) in [6.07, 6.45) is 7.23. The van der Waals surface area contributed by atoms with Gasteiger partial charge in [-0.15, -0.1) is 0 Å². The second-order valence-electron chi connectivity index (χ2n) is 9.34. The van der Waals surface area contributed by atoms with Crippen LogP contribution in [0.25, 0.3) is 0 Å². The third-order valence-corrected chi connectivity index (χ3v) is 7.04. The van der Waals surface area contributed by atoms with Crippen LogP contribution in [0.3, 0.4) is 0 Å². The molecule has 2 heterocycles. The minimum atomic E-state index is 0.197. The summed E-state index contributed by atoms with van der Waals surface area (Å²) in [5, 5.41) is 0. The first kappa shape index (κ1) is 20.5. The third kappa shape index (κ3) is 5.06. The molecule has 0 spiro atoms. The summed E-state index contributed by atoms with van der Waals surface area (Å²) in [6, 6.07) is 6.18. The fourth-order valence-corrected chi connectivity index (χ4v) is 4.99. The molecule has 5 nitrogen and oxygen atoms in total. The maximum absolute atomic E-state index is 12.0. The Balaban J connectivity index is 1.17. The van der Waals surface area contributed by atoms with Crippen molar-refractivity contribution < 1.29 is 14.3 Å². The van der Waals surface area contributed by atoms with Crippen LogP contribution in [0.1, 0.15) is 52.4 Å². The predicted octanol–water partition coefficient (Wildman–Crippen LogP) is 4.35. The van der Waals surface area contributed by atoms with Gasteiger partial charge >= 0.3 is 0 Å². The van der Waals surface area contributed by atoms with Gasteiger partial charge in [-0.25, -0.2) is 0 Å². The molecule has 4 rings (SSSR count). The molecule has 2 fully saturated rings. The number of ketones is 1. The van der Waals surface area contributed by atoms with Gasteiger partial charge in [-0.2, -0.15) is 0 Å². The topological polar surface area (TPSA) is 42.0 Å². The summed E-state index contributed by atoms with van der Waals surface area (Å²) >= 11 is 0. The Morgan fingerprint density at radius 2 is 1.76 bits per heavy atom. The van der Waals surface area contributed by atoms with Crippen molar-refractivity contribution in [2.75, 3.05) is 44.4 Å². The van der Waals surface area contributed by atoms with Gasteiger partial charge in [0, 0.05) is 38.5 Å². The molecule has 29 heavy (non-hydrogen) atoms. The zero-order valence-corrected chi connectivity index (χ0v) is 18.1. The van der Waals surface area contributed by atoms with Gasteiger partial charge in [-0.3, -0.25) is 9.69 Å². The van der Waals surface area contributed by atoms with Gasteiger partial charge in [0.05, 0.1) is 5.69 Å². The number of ether oxygens (including phenoxy) is 2. The van der Waals surface area contributed by atoms with E-state index in [0.717, 1.165) is 50.0 Å². The highest BCUT2D eigenvalue weighted by Gasteiger charge is 2.26. The number of anilines is 1. The number of nitrogens with zero attached hydrogens (tertiary/aromatic N) is 2. The Morgan fingerprint density at radius 1 is 1.03 bits per heavy atom. The molecule has 0 N–H and O–H groups in total. The smallest absolute Gasteiger partial charge is 0.231 e. The van der Waals surface area contributed by atoms with E-state index >= 15 is 0 Å². The van der Waals surface area contributed by atoms with E-state index in [1.165, 1.54) is 44.3 Å². The van der Waals surface area contributed by atoms with Crippen LogP contribution in [0.5, 0.6) is 11.5 Å². The van der Waals surface area contributed by atoms with E-state index in [2.05, 4.69) is 21.9 Å². The number of rotatable bonds is 7. The maximum atomic E-state index is 12.0. The molecule has 0 unspecified atom stereocenters. The highest BCUT2D eigenvalue weighted by molar-refractivity contribution is 5.80. The molecule has 1 aromatic carbocycles. The van der Waals surface area contributed by atoms with Gasteiger partial charge in [-0.1, -0.05) is 32.8 Å². The van der Waals surface area contributed by atoms with Gasteiger partial charge < -0.3 is 14.4 Å². The molecule has 0 amide bonds. The summed E-state index contributed by atoms with van der Waals surface area (Å²) < 4.78 is 11.2. The van der Waals surface area contributed by atoms with Crippen molar-refractivity contribution >= 4 is 11.5 Å². The lowest BCUT2D eigenvalue weighted by atomic mass is 9.78. The summed E-state index contributed by atoms with van der Waals surface area (Å²) in [5.74, 6) is 3.92. The molecule has 1 aliphatic carbocycles. The van der Waals surface area contributed by atoms with Gasteiger partial charge in [0.25, 0.3) is 0 Å². The molecule has 1 saturated carbocycles. The van der Waals surface area contributed by atoms with Crippen molar-refractivity contribution in [3.63, 3.8) is 0 Å². The first-order valence-electron chi connectivity index (χ1n) is 11.5. The first-order valence-corrected chi connectivity index (χ1v) is 11.5. The van der Waals surface area contributed by atoms with Crippen molar-refractivity contribution in [2.24, 2.45) is 17.8 Å². The van der Waals surface area contributed by atoms with Crippen LogP contribution in [-0.2, 0) is 4.79 Å². The largest absolute Gasteiger partial charge is 0.454 e. The summed E-state index contributed by atoms with van der Waals surface area (Å²) in [7, 11) is 0. The van der Waals surface area contributed by atoms with Crippen molar-refractivity contribution in [2.45, 2.75) is 52.4 Å². The number of carbonyl (C=O) groups is 1. The van der Waals surface area contributed by atoms with Gasteiger partial charge in [0.15, 0.2) is 11.5 Å². The quantitative estimate of drug-likeness (QED) is 0.681. The molecule has 1 aromatic rings. The normalized spacial score (nSPS) is 24.9. The molecular weight excluding hydrogens is 364 g/mol. The predicted molar refractivity (Wildman–Crippen MR) is 116 cm³/mol. The molecule has 5 heteroatoms. The minimum Gasteiger partial charge on any atom is -0.454 e. The fraction of sp³-hybridized carbons (Fsp3) is 0.708. The Labute approximate surface area is 175 Å². The average Bonchev–Trinajstić information content (AvgIpc) is 3.22. The average molecular weight is 401 g/mol. The molecule has 1 saturated heterocycles. The molecule has 0 aromatic heterocycles. The molecule has 0 atom stereocenters. The molecule has 3 aliphatic rings. The lowest BCUT2D eigenvalue weighted by Gasteiger charge is -2.37. The maximum Gasteiger partial charge on any atom is 0.231 e. The number of piperazine rings is 1. The van der Waals surface area contributed by atoms with E-state index in [1.54, 1.807) is 0 Å². The first-order chi connectivity index (χ1) is 14.1. The van der Waals surface area contributed by atoms with Crippen LogP contribution in [0.4, 0.5) is 5.69 Å². The summed E-state index contributed by atoms with van der Waals surface area (Å²) in [5.41, 5.74) is 1.17. The SMILES string of the molecule is CC(C)C(=O)CC1CCC(CCN2CCN(c3cccc4c3OCO4)CC2)CC1. The minimum absolute atomic E-state index is 0.197. The molecule has 0 radical (unpaired) electrons. The zero-order chi connectivity index (χ0) is 20.2. The van der Waals surface area contributed by atoms with E-state index in [-0.39, 0.29) is 5.92 Å². The second-order valence-corrected chi connectivity index (χ2v) is 9.34. The van der Waals surface area contributed by atoms with Crippen LogP contribution >= 0.6 is 0 Å². The Morgan fingerprint density at radius 3 is 2.48 bits per heavy atom. The highest BCUT2D eigenvalue weighted by atomic mass is 16.7. The zero-order valence-electron chi connectivity index (χ0n) is 18.1. The summed E-state index contributed by atoms with van der Waals surface area (Å²) in [4.78, 5) is 17.0. The number of para-hydroxylation sites is 1. The number of Topliss-reactive ketones (excluding diaryl/α,β-unsaturated/α-hetero) is 1. The summed E-state index contributed by atoms with van der Waals surface area (Å²) in [6.45, 7) is 9.92. The van der Waals surface area contributed by atoms with E-state index in [0.29, 0.717) is 18.5 Å². The molecule has 0 bridgehead atoms. The van der Waals surface area contributed by atoms with Crippen LogP contribution in [0, 0.1) is 17.8 Å². The van der Waals surface area contributed by atoms with Gasteiger partial charge in [0.1, 0.15) is 5.78 Å². The number of hydrogen-bond donors (Lipinski definition) is 0. The van der Waals surface area contributed by atoms with Crippen molar-refractivity contribution in [1.82, 2.24) is 4.90 Å². The van der Waals surface area contributed by atoms with Crippen molar-refractivity contribution in [3.05, 3.63) is 18.2 Å². The van der Waals surface area contributed by atoms with Gasteiger partial charge in [-0.05, 0) is 49.8 Å². The van der Waals surface area contributed by atoms with E-state index in [1.807, 2.05) is 19.9 Å². The number of hydrogen-bond acceptors (Lipinski definition) is 5. The van der Waals surface area contributed by atoms with Crippen molar-refractivity contribution in [3.8, 4) is 11.5 Å². The Kier molecular flexibility index (Phi) is 6.63. The van der Waals surface area contributed by atoms with Crippen LogP contribution in [-0.4, -0.2) is 50.2 Å². The standard InChI is InChI=1S/C24H36N2O3/c1-18(2)22(27)16-20-8-6-19(7-9-20)10-11-25-12-14-26(15-13-25)21-4-3-5-23-24(21)29-17-28-23/h3-5,18-20H,6-17H2,1-2H3. The van der Waals surface area contributed by atoms with E-state index in [9.17, 15) is 4.79 Å². The number of carbonyl (C=O) groups excluding carboxylic acids is 1. The second kappa shape index (κ2) is 9.38. The van der Waals surface area contributed by atoms with E-state index < -0.39 is 0 Å². The van der Waals surface area contributed by atoms with Gasteiger partial charge in [0.2, 0.25) is 6.79 Å². The molecular formula is C24H36N2O3. The number of benzene rings is 1. The Hall–Kier alpha value is -1.75. The lowest BCUT2D eigenvalue weighted by molar-refractivity contribution is -0.123. The lowest BCUT2D eigenvalue weighted by Crippen LogP contribution is -2.47. The Bertz CT molecular complexity index is 689. The van der Waals surface area contributed by atoms with Crippen LogP contribution in [0.15, 0.2) is 18.2 Å². The third-order valence-electron chi connectivity index (χ3n) is 7.04. The molecule has 160 valence electrons. The monoisotopic (exact) mass is 400 g/mol. The number of fused-ring (bicyclic) bond motifs is 1. The highest BCUT2D eigenvalue weighted by Crippen LogP contribution is 2.41. The fourth-order valence-electron chi connectivity index (χ4n) is 4.99. The molecule has 2 aliphatic heterocycles. The van der Waals surface area contributed by atoms with Crippen molar-refractivity contribution in [1.29, 1.82) is 0 Å². The van der Waals surface area contributed by atoms with E-state index in [4.69, 9.17) is 9.47 Å². The van der Waals surface area contributed by atoms with Crippen LogP contribution in [0.2, 0.25) is 0 Å². The van der Waals surface area contributed by atoms with Crippen LogP contribution < -0.4 is 14.4 Å².